The van der Waals surface area contributed by atoms with E-state index in [9.17, 15) is 0 Å². The second-order valence-corrected chi connectivity index (χ2v) is 6.71. The summed E-state index contributed by atoms with van der Waals surface area (Å²) in [6.07, 6.45) is 9.35. The summed E-state index contributed by atoms with van der Waals surface area (Å²) >= 11 is 0. The molecule has 7 nitrogen and oxygen atoms in total. The standard InChI is InChI=1S/C20H23N5O2/c1-26-17-5-2-6-18(8-17)27-20-11-21-10-19(24-20)15-4-3-7-25(12-15)13-16-9-22-14-23-16/h2,5-6,8-11,14-15H,3-4,7,12-13H2,1H3,(H,22,23)/t15-/m1/s1. The van der Waals surface area contributed by atoms with Gasteiger partial charge in [-0.05, 0) is 31.5 Å². The van der Waals surface area contributed by atoms with E-state index in [1.54, 1.807) is 19.6 Å². The minimum Gasteiger partial charge on any atom is -0.497 e. The number of likely N-dealkylation sites (tertiary alicyclic amines) is 1. The van der Waals surface area contributed by atoms with Crippen LogP contribution in [0.1, 0.15) is 30.1 Å². The van der Waals surface area contributed by atoms with Crippen molar-refractivity contribution in [3.8, 4) is 17.4 Å². The van der Waals surface area contributed by atoms with Crippen LogP contribution in [-0.4, -0.2) is 45.0 Å². The van der Waals surface area contributed by atoms with E-state index in [0.29, 0.717) is 17.5 Å². The van der Waals surface area contributed by atoms with Crippen molar-refractivity contribution in [3.05, 3.63) is 60.6 Å². The fourth-order valence-electron chi connectivity index (χ4n) is 3.45. The van der Waals surface area contributed by atoms with Crippen LogP contribution in [0.2, 0.25) is 0 Å². The number of imidazole rings is 1. The molecule has 0 amide bonds. The maximum Gasteiger partial charge on any atom is 0.238 e. The Morgan fingerprint density at radius 3 is 2.96 bits per heavy atom. The van der Waals surface area contributed by atoms with Crippen molar-refractivity contribution >= 4 is 0 Å². The van der Waals surface area contributed by atoms with Gasteiger partial charge < -0.3 is 14.5 Å². The summed E-state index contributed by atoms with van der Waals surface area (Å²) in [4.78, 5) is 18.8. The van der Waals surface area contributed by atoms with Crippen molar-refractivity contribution in [2.24, 2.45) is 0 Å². The molecule has 27 heavy (non-hydrogen) atoms. The fourth-order valence-corrected chi connectivity index (χ4v) is 3.45. The zero-order valence-electron chi connectivity index (χ0n) is 15.3. The summed E-state index contributed by atoms with van der Waals surface area (Å²) in [6.45, 7) is 2.92. The van der Waals surface area contributed by atoms with E-state index >= 15 is 0 Å². The molecule has 1 atom stereocenters. The van der Waals surface area contributed by atoms with Crippen LogP contribution in [-0.2, 0) is 6.54 Å². The second kappa shape index (κ2) is 8.18. The van der Waals surface area contributed by atoms with Crippen molar-refractivity contribution in [1.29, 1.82) is 0 Å². The third kappa shape index (κ3) is 4.43. The summed E-state index contributed by atoms with van der Waals surface area (Å²) in [5.74, 6) is 2.29. The predicted molar refractivity (Wildman–Crippen MR) is 101 cm³/mol. The number of H-pyrrole nitrogens is 1. The smallest absolute Gasteiger partial charge is 0.238 e. The number of nitrogens with zero attached hydrogens (tertiary/aromatic N) is 4. The Balaban J connectivity index is 1.44. The van der Waals surface area contributed by atoms with Gasteiger partial charge in [-0.2, -0.15) is 0 Å². The Bertz CT molecular complexity index is 868. The van der Waals surface area contributed by atoms with E-state index in [2.05, 4.69) is 19.9 Å². The number of nitrogens with one attached hydrogen (secondary N) is 1. The third-order valence-corrected chi connectivity index (χ3v) is 4.77. The summed E-state index contributed by atoms with van der Waals surface area (Å²) < 4.78 is 11.1. The molecule has 0 unspecified atom stereocenters. The van der Waals surface area contributed by atoms with E-state index in [1.807, 2.05) is 36.7 Å². The molecule has 140 valence electrons. The second-order valence-electron chi connectivity index (χ2n) is 6.71. The van der Waals surface area contributed by atoms with Gasteiger partial charge >= 0.3 is 0 Å². The molecule has 0 spiro atoms. The first-order chi connectivity index (χ1) is 13.3. The average molecular weight is 365 g/mol. The van der Waals surface area contributed by atoms with Gasteiger partial charge in [-0.1, -0.05) is 6.07 Å². The number of benzene rings is 1. The van der Waals surface area contributed by atoms with Gasteiger partial charge in [0.2, 0.25) is 5.88 Å². The number of hydrogen-bond acceptors (Lipinski definition) is 6. The van der Waals surface area contributed by atoms with Crippen LogP contribution in [0.25, 0.3) is 0 Å². The number of aromatic amines is 1. The lowest BCUT2D eigenvalue weighted by atomic mass is 9.95. The highest BCUT2D eigenvalue weighted by Gasteiger charge is 2.23. The predicted octanol–water partition coefficient (Wildman–Crippen LogP) is 3.38. The van der Waals surface area contributed by atoms with Crippen molar-refractivity contribution in [1.82, 2.24) is 24.8 Å². The first-order valence-electron chi connectivity index (χ1n) is 9.13. The highest BCUT2D eigenvalue weighted by atomic mass is 16.5. The Morgan fingerprint density at radius 2 is 2.11 bits per heavy atom. The lowest BCUT2D eigenvalue weighted by Gasteiger charge is -2.31. The van der Waals surface area contributed by atoms with Gasteiger partial charge in [-0.15, -0.1) is 0 Å². The van der Waals surface area contributed by atoms with Gasteiger partial charge in [0.15, 0.2) is 0 Å². The minimum atomic E-state index is 0.350. The largest absolute Gasteiger partial charge is 0.497 e. The van der Waals surface area contributed by atoms with E-state index in [1.165, 1.54) is 0 Å². The SMILES string of the molecule is COc1cccc(Oc2cncc([C@@H]3CCCN(Cc4cnc[nH]4)C3)n2)c1. The molecule has 1 aromatic carbocycles. The Kier molecular flexibility index (Phi) is 5.29. The molecule has 1 aliphatic rings. The first kappa shape index (κ1) is 17.5. The van der Waals surface area contributed by atoms with Crippen LogP contribution >= 0.6 is 0 Å². The topological polar surface area (TPSA) is 76.2 Å². The maximum atomic E-state index is 5.88. The fraction of sp³-hybridized carbons (Fsp3) is 0.350. The van der Waals surface area contributed by atoms with Gasteiger partial charge in [0.1, 0.15) is 11.5 Å². The molecule has 4 rings (SSSR count). The van der Waals surface area contributed by atoms with Gasteiger partial charge in [0, 0.05) is 43.2 Å². The lowest BCUT2D eigenvalue weighted by Crippen LogP contribution is -2.34. The minimum absolute atomic E-state index is 0.350. The van der Waals surface area contributed by atoms with Crippen molar-refractivity contribution < 1.29 is 9.47 Å². The molecule has 0 bridgehead atoms. The molecule has 3 heterocycles. The summed E-state index contributed by atoms with van der Waals surface area (Å²) in [5.41, 5.74) is 2.11. The molecule has 0 aliphatic carbocycles. The van der Waals surface area contributed by atoms with E-state index in [4.69, 9.17) is 14.5 Å². The van der Waals surface area contributed by atoms with Crippen LogP contribution in [0.15, 0.2) is 49.2 Å². The molecule has 1 N–H and O–H groups in total. The molecule has 0 radical (unpaired) electrons. The highest BCUT2D eigenvalue weighted by Crippen LogP contribution is 2.28. The van der Waals surface area contributed by atoms with E-state index in [0.717, 1.165) is 49.6 Å². The van der Waals surface area contributed by atoms with Crippen LogP contribution < -0.4 is 9.47 Å². The van der Waals surface area contributed by atoms with Gasteiger partial charge in [-0.3, -0.25) is 9.88 Å². The molecule has 3 aromatic rings. The van der Waals surface area contributed by atoms with Crippen LogP contribution in [0.5, 0.6) is 17.4 Å². The number of piperidine rings is 1. The van der Waals surface area contributed by atoms with Crippen LogP contribution in [0.3, 0.4) is 0 Å². The molecule has 7 heteroatoms. The number of methoxy groups -OCH3 is 1. The summed E-state index contributed by atoms with van der Waals surface area (Å²) in [6, 6.07) is 7.48. The molecule has 2 aromatic heterocycles. The van der Waals surface area contributed by atoms with E-state index in [-0.39, 0.29) is 0 Å². The zero-order chi connectivity index (χ0) is 18.5. The van der Waals surface area contributed by atoms with Crippen molar-refractivity contribution in [3.63, 3.8) is 0 Å². The highest BCUT2D eigenvalue weighted by molar-refractivity contribution is 5.35. The Hall–Kier alpha value is -2.93. The molecular formula is C20H23N5O2. The van der Waals surface area contributed by atoms with Crippen molar-refractivity contribution in [2.45, 2.75) is 25.3 Å². The maximum absolute atomic E-state index is 5.88. The number of hydrogen-bond donors (Lipinski definition) is 1. The van der Waals surface area contributed by atoms with Gasteiger partial charge in [0.25, 0.3) is 0 Å². The molecule has 1 aliphatic heterocycles. The normalized spacial score (nSPS) is 17.6. The average Bonchev–Trinajstić information content (AvgIpc) is 3.22. The van der Waals surface area contributed by atoms with Crippen molar-refractivity contribution in [2.75, 3.05) is 20.2 Å². The third-order valence-electron chi connectivity index (χ3n) is 4.77. The molecule has 1 saturated heterocycles. The lowest BCUT2D eigenvalue weighted by molar-refractivity contribution is 0.196. The number of rotatable bonds is 6. The zero-order valence-corrected chi connectivity index (χ0v) is 15.3. The van der Waals surface area contributed by atoms with Crippen LogP contribution in [0, 0.1) is 0 Å². The Labute approximate surface area is 158 Å². The molecule has 0 saturated carbocycles. The van der Waals surface area contributed by atoms with Gasteiger partial charge in [-0.25, -0.2) is 9.97 Å². The Morgan fingerprint density at radius 1 is 1.19 bits per heavy atom. The monoisotopic (exact) mass is 365 g/mol. The number of ether oxygens (including phenoxy) is 2. The molecular weight excluding hydrogens is 342 g/mol. The number of aromatic nitrogens is 4. The van der Waals surface area contributed by atoms with Gasteiger partial charge in [0.05, 0.1) is 25.3 Å². The molecule has 1 fully saturated rings. The quantitative estimate of drug-likeness (QED) is 0.722. The summed E-state index contributed by atoms with van der Waals surface area (Å²) in [7, 11) is 1.64. The van der Waals surface area contributed by atoms with E-state index < -0.39 is 0 Å². The summed E-state index contributed by atoms with van der Waals surface area (Å²) in [5, 5.41) is 0. The van der Waals surface area contributed by atoms with Crippen LogP contribution in [0.4, 0.5) is 0 Å². The first-order valence-corrected chi connectivity index (χ1v) is 9.13.